The predicted molar refractivity (Wildman–Crippen MR) is 135 cm³/mol. The van der Waals surface area contributed by atoms with E-state index < -0.39 is 11.4 Å². The number of H-pyrrole nitrogens is 1. The normalized spacial score (nSPS) is 12.1. The smallest absolute Gasteiger partial charge is 0.258 e. The van der Waals surface area contributed by atoms with Gasteiger partial charge in [-0.3, -0.25) is 14.6 Å². The molecule has 1 heterocycles. The molecule has 0 saturated heterocycles. The number of rotatable bonds is 9. The van der Waals surface area contributed by atoms with Gasteiger partial charge in [-0.1, -0.05) is 25.4 Å². The van der Waals surface area contributed by atoms with Crippen molar-refractivity contribution in [1.29, 1.82) is 0 Å². The summed E-state index contributed by atoms with van der Waals surface area (Å²) in [5, 5.41) is 6.89. The highest BCUT2D eigenvalue weighted by Gasteiger charge is 2.11. The first-order chi connectivity index (χ1) is 16.4. The van der Waals surface area contributed by atoms with Crippen LogP contribution in [0.1, 0.15) is 29.8 Å². The summed E-state index contributed by atoms with van der Waals surface area (Å²) < 4.78 is 13.8. The fourth-order valence-electron chi connectivity index (χ4n) is 3.37. The Morgan fingerprint density at radius 2 is 1.91 bits per heavy atom. The Balaban J connectivity index is 1.72. The van der Waals surface area contributed by atoms with Crippen molar-refractivity contribution in [3.8, 4) is 0 Å². The topological polar surface area (TPSA) is 116 Å². The zero-order valence-electron chi connectivity index (χ0n) is 18.9. The lowest BCUT2D eigenvalue weighted by Gasteiger charge is -2.17. The van der Waals surface area contributed by atoms with Crippen molar-refractivity contribution in [3.63, 3.8) is 0 Å². The lowest BCUT2D eigenvalue weighted by Crippen LogP contribution is -2.34. The highest BCUT2D eigenvalue weighted by atomic mass is 35.5. The molecule has 0 aliphatic rings. The molecule has 0 saturated carbocycles. The van der Waals surface area contributed by atoms with Crippen molar-refractivity contribution in [2.45, 2.75) is 13.8 Å². The molecule has 4 N–H and O–H groups in total. The third kappa shape index (κ3) is 6.06. The predicted octanol–water partition coefficient (Wildman–Crippen LogP) is 3.46. The van der Waals surface area contributed by atoms with Crippen LogP contribution in [0.4, 0.5) is 10.1 Å². The zero-order valence-corrected chi connectivity index (χ0v) is 19.7. The van der Waals surface area contributed by atoms with Gasteiger partial charge in [0.25, 0.3) is 11.5 Å². The number of nitrogens with one attached hydrogen (secondary N) is 2. The van der Waals surface area contributed by atoms with Gasteiger partial charge in [0.05, 0.1) is 22.5 Å². The van der Waals surface area contributed by atoms with Crippen LogP contribution in [0.3, 0.4) is 0 Å². The third-order valence-electron chi connectivity index (χ3n) is 5.37. The largest absolute Gasteiger partial charge is 0.351 e. The van der Waals surface area contributed by atoms with Gasteiger partial charge in [0, 0.05) is 29.6 Å². The van der Waals surface area contributed by atoms with Gasteiger partial charge in [-0.2, -0.15) is 5.10 Å². The molecule has 0 bridgehead atoms. The average Bonchev–Trinajstić information content (AvgIpc) is 2.84. The second-order valence-corrected chi connectivity index (χ2v) is 7.88. The lowest BCUT2D eigenvalue weighted by atomic mass is 10.1. The van der Waals surface area contributed by atoms with Gasteiger partial charge in [-0.15, -0.1) is 0 Å². The van der Waals surface area contributed by atoms with E-state index in [-0.39, 0.29) is 22.2 Å². The van der Waals surface area contributed by atoms with Crippen molar-refractivity contribution < 1.29 is 9.18 Å². The highest BCUT2D eigenvalue weighted by Crippen LogP contribution is 2.21. The molecular weight excluding hydrogens is 459 g/mol. The number of pyridine rings is 1. The number of likely N-dealkylation sites (N-methyl/N-ethyl adjacent to an activating group) is 1. The minimum absolute atomic E-state index is 0.0915. The van der Waals surface area contributed by atoms with Crippen LogP contribution in [-0.4, -0.2) is 53.9 Å². The maximum atomic E-state index is 13.8. The summed E-state index contributed by atoms with van der Waals surface area (Å²) in [5.74, 6) is 4.71. The molecule has 3 aromatic rings. The molecular formula is C24H26ClFN6O2. The number of amides is 1. The molecule has 0 spiro atoms. The molecule has 34 heavy (non-hydrogen) atoms. The van der Waals surface area contributed by atoms with E-state index in [4.69, 9.17) is 17.4 Å². The molecule has 2 aromatic carbocycles. The number of fused-ring (bicyclic) bond motifs is 1. The first-order valence-corrected chi connectivity index (χ1v) is 11.2. The minimum Gasteiger partial charge on any atom is -0.351 e. The van der Waals surface area contributed by atoms with Gasteiger partial charge < -0.3 is 21.0 Å². The summed E-state index contributed by atoms with van der Waals surface area (Å²) in [7, 11) is 0. The van der Waals surface area contributed by atoms with E-state index in [0.29, 0.717) is 28.7 Å². The fourth-order valence-corrected chi connectivity index (χ4v) is 3.53. The number of aliphatic imine (C=N–C) groups is 1. The molecule has 1 aromatic heterocycles. The van der Waals surface area contributed by atoms with Gasteiger partial charge in [-0.05, 0) is 55.6 Å². The number of nitrogens with zero attached hydrogens (tertiary/aromatic N) is 3. The van der Waals surface area contributed by atoms with Crippen molar-refractivity contribution >= 4 is 46.0 Å². The van der Waals surface area contributed by atoms with Crippen LogP contribution in [0.2, 0.25) is 5.02 Å². The number of hydrogen-bond acceptors (Lipinski definition) is 6. The summed E-state index contributed by atoms with van der Waals surface area (Å²) in [4.78, 5) is 34.0. The number of carbonyl (C=O) groups excluding carboxylic acids is 1. The molecule has 0 aliphatic carbocycles. The standard InChI is InChI=1S/C24H26ClFN6O2/c1-3-32(4-2)10-9-28-23(33)15-5-7-17(8-6-15)29-14-22(31-27)18-11-16-12-20(26)19(25)13-21(16)30-24(18)34/h5-8,11-14H,3-4,9-10,27H2,1-2H3,(H,28,33)(H,30,34). The molecule has 0 radical (unpaired) electrons. The Hall–Kier alpha value is -3.56. The van der Waals surface area contributed by atoms with Crippen molar-refractivity contribution in [2.75, 3.05) is 26.2 Å². The van der Waals surface area contributed by atoms with Crippen LogP contribution in [0.5, 0.6) is 0 Å². The molecule has 0 atom stereocenters. The van der Waals surface area contributed by atoms with Gasteiger partial charge >= 0.3 is 0 Å². The van der Waals surface area contributed by atoms with Gasteiger partial charge in [0.1, 0.15) is 11.5 Å². The van der Waals surface area contributed by atoms with Crippen LogP contribution in [0.25, 0.3) is 10.9 Å². The summed E-state index contributed by atoms with van der Waals surface area (Å²) in [6, 6.07) is 10.7. The van der Waals surface area contributed by atoms with E-state index in [1.807, 2.05) is 0 Å². The Morgan fingerprint density at radius 3 is 2.56 bits per heavy atom. The summed E-state index contributed by atoms with van der Waals surface area (Å²) >= 11 is 5.78. The number of aromatic nitrogens is 1. The quantitative estimate of drug-likeness (QED) is 0.245. The van der Waals surface area contributed by atoms with Gasteiger partial charge in [-0.25, -0.2) is 4.39 Å². The number of aromatic amines is 1. The molecule has 0 aliphatic heterocycles. The molecule has 3 rings (SSSR count). The average molecular weight is 485 g/mol. The molecule has 10 heteroatoms. The monoisotopic (exact) mass is 484 g/mol. The number of benzene rings is 2. The van der Waals surface area contributed by atoms with Crippen LogP contribution in [0, 0.1) is 5.82 Å². The molecule has 1 amide bonds. The van der Waals surface area contributed by atoms with Crippen LogP contribution in [-0.2, 0) is 0 Å². The van der Waals surface area contributed by atoms with E-state index in [1.165, 1.54) is 24.4 Å². The summed E-state index contributed by atoms with van der Waals surface area (Å²) in [5.41, 5.74) is 1.21. The van der Waals surface area contributed by atoms with E-state index in [1.54, 1.807) is 24.3 Å². The Kier molecular flexibility index (Phi) is 8.50. The molecule has 178 valence electrons. The number of hydrogen-bond donors (Lipinski definition) is 3. The minimum atomic E-state index is -0.607. The maximum absolute atomic E-state index is 13.8. The molecule has 0 fully saturated rings. The van der Waals surface area contributed by atoms with Crippen LogP contribution < -0.4 is 16.7 Å². The zero-order chi connectivity index (χ0) is 24.7. The van der Waals surface area contributed by atoms with Crippen molar-refractivity contribution in [3.05, 3.63) is 74.8 Å². The molecule has 8 nitrogen and oxygen atoms in total. The Bertz CT molecular complexity index is 1280. The number of carbonyl (C=O) groups is 1. The van der Waals surface area contributed by atoms with Crippen molar-refractivity contribution in [2.24, 2.45) is 15.9 Å². The van der Waals surface area contributed by atoms with E-state index >= 15 is 0 Å². The van der Waals surface area contributed by atoms with Gasteiger partial charge in [0.15, 0.2) is 0 Å². The van der Waals surface area contributed by atoms with Gasteiger partial charge in [0.2, 0.25) is 0 Å². The van der Waals surface area contributed by atoms with E-state index in [2.05, 4.69) is 39.1 Å². The first kappa shape index (κ1) is 25.1. The lowest BCUT2D eigenvalue weighted by molar-refractivity contribution is 0.0949. The Morgan fingerprint density at radius 1 is 1.21 bits per heavy atom. The van der Waals surface area contributed by atoms with E-state index in [0.717, 1.165) is 19.6 Å². The first-order valence-electron chi connectivity index (χ1n) is 10.8. The number of hydrazone groups is 1. The number of nitrogens with two attached hydrogens (primary N) is 1. The van der Waals surface area contributed by atoms with E-state index in [9.17, 15) is 14.0 Å². The van der Waals surface area contributed by atoms with Crippen molar-refractivity contribution in [1.82, 2.24) is 15.2 Å². The van der Waals surface area contributed by atoms with Crippen LogP contribution >= 0.6 is 11.6 Å². The second-order valence-electron chi connectivity index (χ2n) is 7.47. The fraction of sp³-hybridized carbons (Fsp3) is 0.250. The third-order valence-corrected chi connectivity index (χ3v) is 5.66. The maximum Gasteiger partial charge on any atom is 0.258 e. The Labute approximate surface area is 201 Å². The summed E-state index contributed by atoms with van der Waals surface area (Å²) in [6.45, 7) is 7.38. The van der Waals surface area contributed by atoms with Crippen LogP contribution in [0.15, 0.2) is 57.4 Å². The highest BCUT2D eigenvalue weighted by molar-refractivity contribution is 6.38. The number of halogens is 2. The second kappa shape index (κ2) is 11.5. The molecule has 0 unspecified atom stereocenters. The summed E-state index contributed by atoms with van der Waals surface area (Å²) in [6.07, 6.45) is 1.34. The SMILES string of the molecule is CCN(CC)CCNC(=O)c1ccc(N=CC(=NN)c2cc3cc(F)c(Cl)cc3[nH]c2=O)cc1.